The van der Waals surface area contributed by atoms with Crippen LogP contribution in [0.4, 0.5) is 0 Å². The summed E-state index contributed by atoms with van der Waals surface area (Å²) in [5.74, 6) is 0. The van der Waals surface area contributed by atoms with E-state index >= 15 is 0 Å². The number of pyridine rings is 1. The molecule has 0 amide bonds. The molecule has 1 N–H and O–H groups in total. The summed E-state index contributed by atoms with van der Waals surface area (Å²) in [5.41, 5.74) is 2.29. The van der Waals surface area contributed by atoms with Gasteiger partial charge in [0.05, 0.1) is 5.69 Å². The van der Waals surface area contributed by atoms with Gasteiger partial charge in [-0.2, -0.15) is 0 Å². The van der Waals surface area contributed by atoms with Gasteiger partial charge in [-0.05, 0) is 38.4 Å². The Labute approximate surface area is 104 Å². The highest BCUT2D eigenvalue weighted by Crippen LogP contribution is 2.18. The fourth-order valence-electron chi connectivity index (χ4n) is 1.98. The van der Waals surface area contributed by atoms with Crippen molar-refractivity contribution in [2.75, 3.05) is 19.6 Å². The normalized spacial score (nSPS) is 15.5. The average molecular weight is 233 g/mol. The van der Waals surface area contributed by atoms with Crippen LogP contribution in [0.5, 0.6) is 0 Å². The third-order valence-corrected chi connectivity index (χ3v) is 3.22. The summed E-state index contributed by atoms with van der Waals surface area (Å²) in [6, 6.07) is 7.07. The van der Waals surface area contributed by atoms with Crippen molar-refractivity contribution >= 4 is 0 Å². The fourth-order valence-corrected chi connectivity index (χ4v) is 1.98. The number of nitrogens with zero attached hydrogens (tertiary/aromatic N) is 2. The van der Waals surface area contributed by atoms with Crippen LogP contribution in [-0.4, -0.2) is 35.6 Å². The zero-order valence-corrected chi connectivity index (χ0v) is 10.9. The Hall–Kier alpha value is -0.930. The third-order valence-electron chi connectivity index (χ3n) is 3.22. The van der Waals surface area contributed by atoms with E-state index in [4.69, 9.17) is 0 Å². The highest BCUT2D eigenvalue weighted by atomic mass is 15.1. The van der Waals surface area contributed by atoms with Crippen LogP contribution in [0.3, 0.4) is 0 Å². The SMILES string of the molecule is CCN(CCNC1CC1)Cc1cccc(C)n1. The number of nitrogens with one attached hydrogen (secondary N) is 1. The molecule has 1 aromatic rings. The lowest BCUT2D eigenvalue weighted by atomic mass is 10.3. The minimum absolute atomic E-state index is 0.811. The lowest BCUT2D eigenvalue weighted by Gasteiger charge is -2.20. The Bertz CT molecular complexity index is 347. The molecule has 0 atom stereocenters. The first-order chi connectivity index (χ1) is 8.28. The molecule has 0 unspecified atom stereocenters. The zero-order valence-electron chi connectivity index (χ0n) is 10.9. The van der Waals surface area contributed by atoms with E-state index in [1.807, 2.05) is 0 Å². The van der Waals surface area contributed by atoms with Crippen LogP contribution >= 0.6 is 0 Å². The first-order valence-corrected chi connectivity index (χ1v) is 6.66. The second kappa shape index (κ2) is 6.12. The Kier molecular flexibility index (Phi) is 4.51. The van der Waals surface area contributed by atoms with Crippen LogP contribution in [0.2, 0.25) is 0 Å². The zero-order chi connectivity index (χ0) is 12.1. The quantitative estimate of drug-likeness (QED) is 0.780. The topological polar surface area (TPSA) is 28.2 Å². The molecule has 17 heavy (non-hydrogen) atoms. The molecule has 3 heteroatoms. The number of hydrogen-bond acceptors (Lipinski definition) is 3. The number of likely N-dealkylation sites (N-methyl/N-ethyl adjacent to an activating group) is 1. The lowest BCUT2D eigenvalue weighted by Crippen LogP contribution is -2.32. The molecule has 1 aromatic heterocycles. The predicted molar refractivity (Wildman–Crippen MR) is 70.9 cm³/mol. The van der Waals surface area contributed by atoms with Crippen molar-refractivity contribution in [3.8, 4) is 0 Å². The molecule has 0 spiro atoms. The summed E-state index contributed by atoms with van der Waals surface area (Å²) in [6.45, 7) is 8.53. The molecule has 0 saturated heterocycles. The van der Waals surface area contributed by atoms with Gasteiger partial charge in [0, 0.05) is 31.4 Å². The summed E-state index contributed by atoms with van der Waals surface area (Å²) in [4.78, 5) is 7.00. The van der Waals surface area contributed by atoms with Gasteiger partial charge in [-0.1, -0.05) is 13.0 Å². The number of rotatable bonds is 7. The van der Waals surface area contributed by atoms with Crippen LogP contribution in [0.15, 0.2) is 18.2 Å². The molecular weight excluding hydrogens is 210 g/mol. The van der Waals surface area contributed by atoms with Crippen molar-refractivity contribution in [2.45, 2.75) is 39.3 Å². The van der Waals surface area contributed by atoms with E-state index in [1.54, 1.807) is 0 Å². The molecule has 3 nitrogen and oxygen atoms in total. The highest BCUT2D eigenvalue weighted by Gasteiger charge is 2.19. The van der Waals surface area contributed by atoms with Crippen LogP contribution in [0.25, 0.3) is 0 Å². The molecule has 0 aromatic carbocycles. The number of aryl methyl sites for hydroxylation is 1. The Morgan fingerprint density at radius 2 is 2.24 bits per heavy atom. The maximum atomic E-state index is 4.55. The molecule has 1 saturated carbocycles. The van der Waals surface area contributed by atoms with Crippen molar-refractivity contribution in [1.29, 1.82) is 0 Å². The van der Waals surface area contributed by atoms with Crippen LogP contribution in [0, 0.1) is 6.92 Å². The van der Waals surface area contributed by atoms with E-state index in [0.717, 1.165) is 37.9 Å². The molecule has 1 aliphatic rings. The van der Waals surface area contributed by atoms with Crippen molar-refractivity contribution in [3.05, 3.63) is 29.6 Å². The Morgan fingerprint density at radius 1 is 1.41 bits per heavy atom. The predicted octanol–water partition coefficient (Wildman–Crippen LogP) is 1.96. The molecule has 1 fully saturated rings. The summed E-state index contributed by atoms with van der Waals surface area (Å²) >= 11 is 0. The van der Waals surface area contributed by atoms with Gasteiger partial charge in [-0.3, -0.25) is 9.88 Å². The van der Waals surface area contributed by atoms with Gasteiger partial charge in [-0.15, -0.1) is 0 Å². The molecule has 94 valence electrons. The van der Waals surface area contributed by atoms with Crippen molar-refractivity contribution in [3.63, 3.8) is 0 Å². The molecule has 0 radical (unpaired) electrons. The van der Waals surface area contributed by atoms with Gasteiger partial charge in [0.25, 0.3) is 0 Å². The van der Waals surface area contributed by atoms with E-state index in [-0.39, 0.29) is 0 Å². The van der Waals surface area contributed by atoms with Gasteiger partial charge in [0.2, 0.25) is 0 Å². The first kappa shape index (κ1) is 12.5. The van der Waals surface area contributed by atoms with Gasteiger partial charge >= 0.3 is 0 Å². The monoisotopic (exact) mass is 233 g/mol. The fraction of sp³-hybridized carbons (Fsp3) is 0.643. The summed E-state index contributed by atoms with van der Waals surface area (Å²) < 4.78 is 0. The molecular formula is C14H23N3. The standard InChI is InChI=1S/C14H23N3/c1-3-17(10-9-15-13-7-8-13)11-14-6-4-5-12(2)16-14/h4-6,13,15H,3,7-11H2,1-2H3. The summed E-state index contributed by atoms with van der Waals surface area (Å²) in [7, 11) is 0. The van der Waals surface area contributed by atoms with Crippen molar-refractivity contribution < 1.29 is 0 Å². The average Bonchev–Trinajstić information content (AvgIpc) is 3.12. The van der Waals surface area contributed by atoms with Crippen molar-refractivity contribution in [1.82, 2.24) is 15.2 Å². The summed E-state index contributed by atoms with van der Waals surface area (Å²) in [5, 5.41) is 3.56. The largest absolute Gasteiger partial charge is 0.313 e. The smallest absolute Gasteiger partial charge is 0.0547 e. The molecule has 2 rings (SSSR count). The highest BCUT2D eigenvalue weighted by molar-refractivity contribution is 5.09. The minimum atomic E-state index is 0.811. The number of hydrogen-bond donors (Lipinski definition) is 1. The maximum Gasteiger partial charge on any atom is 0.0547 e. The summed E-state index contributed by atoms with van der Waals surface area (Å²) in [6.07, 6.45) is 2.73. The van der Waals surface area contributed by atoms with Crippen LogP contribution in [0.1, 0.15) is 31.2 Å². The van der Waals surface area contributed by atoms with Gasteiger partial charge < -0.3 is 5.32 Å². The second-order valence-corrected chi connectivity index (χ2v) is 4.87. The minimum Gasteiger partial charge on any atom is -0.313 e. The van der Waals surface area contributed by atoms with E-state index in [2.05, 4.69) is 47.2 Å². The third kappa shape index (κ3) is 4.44. The van der Waals surface area contributed by atoms with E-state index in [0.29, 0.717) is 0 Å². The Morgan fingerprint density at radius 3 is 2.88 bits per heavy atom. The first-order valence-electron chi connectivity index (χ1n) is 6.66. The van der Waals surface area contributed by atoms with Gasteiger partial charge in [0.15, 0.2) is 0 Å². The lowest BCUT2D eigenvalue weighted by molar-refractivity contribution is 0.275. The molecule has 1 heterocycles. The Balaban J connectivity index is 1.76. The van der Waals surface area contributed by atoms with Gasteiger partial charge in [-0.25, -0.2) is 0 Å². The van der Waals surface area contributed by atoms with Crippen LogP contribution in [-0.2, 0) is 6.54 Å². The number of aromatic nitrogens is 1. The van der Waals surface area contributed by atoms with E-state index < -0.39 is 0 Å². The van der Waals surface area contributed by atoms with Crippen molar-refractivity contribution in [2.24, 2.45) is 0 Å². The second-order valence-electron chi connectivity index (χ2n) is 4.87. The molecule has 0 bridgehead atoms. The maximum absolute atomic E-state index is 4.55. The van der Waals surface area contributed by atoms with Crippen LogP contribution < -0.4 is 5.32 Å². The van der Waals surface area contributed by atoms with E-state index in [1.165, 1.54) is 18.5 Å². The molecule has 1 aliphatic carbocycles. The molecule has 0 aliphatic heterocycles. The van der Waals surface area contributed by atoms with E-state index in [9.17, 15) is 0 Å². The van der Waals surface area contributed by atoms with Gasteiger partial charge in [0.1, 0.15) is 0 Å².